The first-order valence-corrected chi connectivity index (χ1v) is 6.31. The van der Waals surface area contributed by atoms with E-state index < -0.39 is 4.92 Å². The molecular weight excluding hydrogens is 282 g/mol. The molecule has 110 valence electrons. The fourth-order valence-corrected chi connectivity index (χ4v) is 2.22. The maximum atomic E-state index is 12.2. The van der Waals surface area contributed by atoms with Gasteiger partial charge in [-0.25, -0.2) is 0 Å². The van der Waals surface area contributed by atoms with E-state index in [2.05, 4.69) is 5.32 Å². The average Bonchev–Trinajstić information content (AvgIpc) is 2.39. The first-order chi connectivity index (χ1) is 9.08. The van der Waals surface area contributed by atoms with E-state index in [0.29, 0.717) is 13.0 Å². The molecule has 0 unspecified atom stereocenters. The van der Waals surface area contributed by atoms with E-state index in [1.165, 1.54) is 12.1 Å². The van der Waals surface area contributed by atoms with Crippen LogP contribution in [0, 0.1) is 10.1 Å². The summed E-state index contributed by atoms with van der Waals surface area (Å²) < 4.78 is 0. The van der Waals surface area contributed by atoms with E-state index in [4.69, 9.17) is 0 Å². The molecule has 1 aromatic carbocycles. The van der Waals surface area contributed by atoms with E-state index >= 15 is 0 Å². The van der Waals surface area contributed by atoms with E-state index in [0.717, 1.165) is 18.7 Å². The molecule has 1 amide bonds. The highest BCUT2D eigenvalue weighted by molar-refractivity contribution is 5.85. The fraction of sp³-hybridized carbons (Fsp3) is 0.462. The van der Waals surface area contributed by atoms with Gasteiger partial charge in [-0.05, 0) is 12.5 Å². The SMILES string of the molecule is C[C@@H]1CNCCN1C(=O)Cc1ccc([N+](=O)[O-])cc1.Cl. The van der Waals surface area contributed by atoms with Crippen LogP contribution in [0.4, 0.5) is 5.69 Å². The Balaban J connectivity index is 0.00000200. The van der Waals surface area contributed by atoms with Gasteiger partial charge in [0.25, 0.3) is 5.69 Å². The van der Waals surface area contributed by atoms with Gasteiger partial charge in [-0.15, -0.1) is 12.4 Å². The number of nitro groups is 1. The van der Waals surface area contributed by atoms with Gasteiger partial charge in [-0.1, -0.05) is 12.1 Å². The number of non-ortho nitro benzene ring substituents is 1. The van der Waals surface area contributed by atoms with Crippen molar-refractivity contribution in [3.05, 3.63) is 39.9 Å². The number of nitro benzene ring substituents is 1. The molecule has 2 rings (SSSR count). The zero-order valence-electron chi connectivity index (χ0n) is 11.2. The minimum Gasteiger partial charge on any atom is -0.337 e. The van der Waals surface area contributed by atoms with Crippen molar-refractivity contribution < 1.29 is 9.72 Å². The Morgan fingerprint density at radius 1 is 1.45 bits per heavy atom. The highest BCUT2D eigenvalue weighted by Crippen LogP contribution is 2.14. The molecule has 1 aliphatic heterocycles. The third-order valence-electron chi connectivity index (χ3n) is 3.32. The number of carbonyl (C=O) groups is 1. The Morgan fingerprint density at radius 3 is 2.65 bits per heavy atom. The van der Waals surface area contributed by atoms with Gasteiger partial charge in [0.15, 0.2) is 0 Å². The number of rotatable bonds is 3. The Hall–Kier alpha value is -1.66. The Morgan fingerprint density at radius 2 is 2.10 bits per heavy atom. The van der Waals surface area contributed by atoms with Crippen molar-refractivity contribution in [3.8, 4) is 0 Å². The van der Waals surface area contributed by atoms with Crippen molar-refractivity contribution >= 4 is 24.0 Å². The molecule has 0 bridgehead atoms. The van der Waals surface area contributed by atoms with Gasteiger partial charge in [0.05, 0.1) is 11.3 Å². The molecule has 0 radical (unpaired) electrons. The number of nitrogens with one attached hydrogen (secondary N) is 1. The molecule has 1 saturated heterocycles. The fourth-order valence-electron chi connectivity index (χ4n) is 2.22. The normalized spacial score (nSPS) is 18.2. The first-order valence-electron chi connectivity index (χ1n) is 6.31. The van der Waals surface area contributed by atoms with Gasteiger partial charge < -0.3 is 10.2 Å². The molecule has 7 heteroatoms. The molecule has 0 aromatic heterocycles. The summed E-state index contributed by atoms with van der Waals surface area (Å²) in [6.07, 6.45) is 0.294. The van der Waals surface area contributed by atoms with Crippen LogP contribution in [0.15, 0.2) is 24.3 Å². The van der Waals surface area contributed by atoms with Gasteiger partial charge in [0.1, 0.15) is 0 Å². The molecule has 0 saturated carbocycles. The highest BCUT2D eigenvalue weighted by atomic mass is 35.5. The van der Waals surface area contributed by atoms with Gasteiger partial charge >= 0.3 is 0 Å². The molecule has 1 atom stereocenters. The Kier molecular flexibility index (Phi) is 5.91. The number of amides is 1. The summed E-state index contributed by atoms with van der Waals surface area (Å²) in [4.78, 5) is 24.1. The van der Waals surface area contributed by atoms with Crippen LogP contribution in [0.1, 0.15) is 12.5 Å². The van der Waals surface area contributed by atoms with Crippen LogP contribution < -0.4 is 5.32 Å². The number of hydrogen-bond donors (Lipinski definition) is 1. The van der Waals surface area contributed by atoms with Crippen molar-refractivity contribution in [2.45, 2.75) is 19.4 Å². The zero-order chi connectivity index (χ0) is 13.8. The van der Waals surface area contributed by atoms with Gasteiger partial charge in [0, 0.05) is 37.8 Å². The minimum atomic E-state index is -0.440. The molecular formula is C13H18ClN3O3. The molecule has 6 nitrogen and oxygen atoms in total. The van der Waals surface area contributed by atoms with Crippen molar-refractivity contribution in [2.75, 3.05) is 19.6 Å². The van der Waals surface area contributed by atoms with Crippen LogP contribution >= 0.6 is 12.4 Å². The third-order valence-corrected chi connectivity index (χ3v) is 3.32. The molecule has 20 heavy (non-hydrogen) atoms. The number of nitrogens with zero attached hydrogens (tertiary/aromatic N) is 2. The number of halogens is 1. The summed E-state index contributed by atoms with van der Waals surface area (Å²) in [5, 5.41) is 13.8. The zero-order valence-corrected chi connectivity index (χ0v) is 12.1. The van der Waals surface area contributed by atoms with E-state index in [9.17, 15) is 14.9 Å². The van der Waals surface area contributed by atoms with Gasteiger partial charge in [-0.2, -0.15) is 0 Å². The summed E-state index contributed by atoms with van der Waals surface area (Å²) in [6.45, 7) is 4.36. The molecule has 0 aliphatic carbocycles. The summed E-state index contributed by atoms with van der Waals surface area (Å²) in [5.41, 5.74) is 0.855. The van der Waals surface area contributed by atoms with Crippen LogP contribution in [-0.4, -0.2) is 41.4 Å². The van der Waals surface area contributed by atoms with Crippen LogP contribution in [-0.2, 0) is 11.2 Å². The largest absolute Gasteiger partial charge is 0.337 e. The summed E-state index contributed by atoms with van der Waals surface area (Å²) in [6, 6.07) is 6.35. The lowest BCUT2D eigenvalue weighted by atomic mass is 10.1. The number of piperazine rings is 1. The molecule has 0 spiro atoms. The second kappa shape index (κ2) is 7.21. The predicted molar refractivity (Wildman–Crippen MR) is 78.1 cm³/mol. The predicted octanol–water partition coefficient (Wildman–Crippen LogP) is 1.38. The second-order valence-electron chi connectivity index (χ2n) is 4.74. The van der Waals surface area contributed by atoms with Crippen molar-refractivity contribution in [3.63, 3.8) is 0 Å². The van der Waals surface area contributed by atoms with Crippen molar-refractivity contribution in [1.82, 2.24) is 10.2 Å². The second-order valence-corrected chi connectivity index (χ2v) is 4.74. The van der Waals surface area contributed by atoms with E-state index in [1.807, 2.05) is 11.8 Å². The van der Waals surface area contributed by atoms with Crippen LogP contribution in [0.5, 0.6) is 0 Å². The molecule has 1 heterocycles. The number of benzene rings is 1. The van der Waals surface area contributed by atoms with E-state index in [-0.39, 0.29) is 30.0 Å². The van der Waals surface area contributed by atoms with Crippen LogP contribution in [0.3, 0.4) is 0 Å². The van der Waals surface area contributed by atoms with Crippen LogP contribution in [0.2, 0.25) is 0 Å². The monoisotopic (exact) mass is 299 g/mol. The highest BCUT2D eigenvalue weighted by Gasteiger charge is 2.22. The molecule has 1 aromatic rings. The smallest absolute Gasteiger partial charge is 0.269 e. The van der Waals surface area contributed by atoms with E-state index in [1.54, 1.807) is 12.1 Å². The Bertz CT molecular complexity index is 478. The van der Waals surface area contributed by atoms with Crippen LogP contribution in [0.25, 0.3) is 0 Å². The standard InChI is InChI=1S/C13H17N3O3.ClH/c1-10-9-14-6-7-15(10)13(17)8-11-2-4-12(5-3-11)16(18)19;/h2-5,10,14H,6-9H2,1H3;1H/t10-;/m1./s1. The maximum Gasteiger partial charge on any atom is 0.269 e. The number of hydrogen-bond acceptors (Lipinski definition) is 4. The summed E-state index contributed by atoms with van der Waals surface area (Å²) >= 11 is 0. The summed E-state index contributed by atoms with van der Waals surface area (Å²) in [5.74, 6) is 0.0721. The van der Waals surface area contributed by atoms with Crippen molar-refractivity contribution in [1.29, 1.82) is 0 Å². The minimum absolute atomic E-state index is 0. The maximum absolute atomic E-state index is 12.2. The lowest BCUT2D eigenvalue weighted by Crippen LogP contribution is -2.52. The average molecular weight is 300 g/mol. The van der Waals surface area contributed by atoms with Crippen molar-refractivity contribution in [2.24, 2.45) is 0 Å². The topological polar surface area (TPSA) is 75.5 Å². The molecule has 1 fully saturated rings. The first kappa shape index (κ1) is 16.4. The summed E-state index contributed by atoms with van der Waals surface area (Å²) in [7, 11) is 0. The molecule has 1 N–H and O–H groups in total. The molecule has 1 aliphatic rings. The Labute approximate surface area is 123 Å². The lowest BCUT2D eigenvalue weighted by molar-refractivity contribution is -0.384. The number of carbonyl (C=O) groups excluding carboxylic acids is 1. The lowest BCUT2D eigenvalue weighted by Gasteiger charge is -2.34. The van der Waals surface area contributed by atoms with Gasteiger partial charge in [-0.3, -0.25) is 14.9 Å². The van der Waals surface area contributed by atoms with Gasteiger partial charge in [0.2, 0.25) is 5.91 Å². The quantitative estimate of drug-likeness (QED) is 0.676. The third kappa shape index (κ3) is 3.91.